The lowest BCUT2D eigenvalue weighted by Crippen LogP contribution is -2.37. The number of rotatable bonds is 0. The Morgan fingerprint density at radius 2 is 2.25 bits per heavy atom. The molecule has 3 heteroatoms. The molecule has 0 aromatic rings. The van der Waals surface area contributed by atoms with Crippen molar-refractivity contribution in [3.05, 3.63) is 0 Å². The summed E-state index contributed by atoms with van der Waals surface area (Å²) in [6.45, 7) is 4.86. The Balaban J connectivity index is 2.47. The first-order chi connectivity index (χ1) is 3.80. The maximum absolute atomic E-state index is 3.97. The maximum atomic E-state index is 3.97. The highest BCUT2D eigenvalue weighted by atomic mass is 15.2. The van der Waals surface area contributed by atoms with Gasteiger partial charge >= 0.3 is 0 Å². The van der Waals surface area contributed by atoms with Gasteiger partial charge in [-0.1, -0.05) is 0 Å². The smallest absolute Gasteiger partial charge is 0.110 e. The van der Waals surface area contributed by atoms with Crippen LogP contribution in [-0.2, 0) is 0 Å². The van der Waals surface area contributed by atoms with Crippen molar-refractivity contribution in [3.63, 3.8) is 0 Å². The molecule has 1 aliphatic rings. The third-order valence-corrected chi connectivity index (χ3v) is 1.47. The fourth-order valence-electron chi connectivity index (χ4n) is 0.625. The molecule has 8 heavy (non-hydrogen) atoms. The van der Waals surface area contributed by atoms with Gasteiger partial charge in [-0.3, -0.25) is 5.32 Å². The van der Waals surface area contributed by atoms with Crippen molar-refractivity contribution in [1.82, 2.24) is 5.32 Å². The van der Waals surface area contributed by atoms with Crippen LogP contribution >= 0.6 is 0 Å². The fraction of sp³-hybridized carbons (Fsp3) is 1.00. The van der Waals surface area contributed by atoms with Crippen molar-refractivity contribution in [3.8, 4) is 0 Å². The molecular weight excluding hydrogens is 102 g/mol. The van der Waals surface area contributed by atoms with Gasteiger partial charge in [-0.2, -0.15) is 10.2 Å². The minimum atomic E-state index is 0.351. The molecule has 1 unspecified atom stereocenters. The molecule has 0 amide bonds. The van der Waals surface area contributed by atoms with Gasteiger partial charge in [-0.15, -0.1) is 0 Å². The molecule has 1 aliphatic heterocycles. The van der Waals surface area contributed by atoms with Gasteiger partial charge in [0.2, 0.25) is 0 Å². The summed E-state index contributed by atoms with van der Waals surface area (Å²) in [7, 11) is 0. The molecule has 46 valence electrons. The van der Waals surface area contributed by atoms with Crippen LogP contribution in [0.1, 0.15) is 13.8 Å². The minimum absolute atomic E-state index is 0.351. The highest BCUT2D eigenvalue weighted by Crippen LogP contribution is 2.01. The van der Waals surface area contributed by atoms with Gasteiger partial charge in [0.15, 0.2) is 0 Å². The van der Waals surface area contributed by atoms with Crippen LogP contribution in [-0.4, -0.2) is 18.8 Å². The molecule has 3 nitrogen and oxygen atoms in total. The van der Waals surface area contributed by atoms with Crippen LogP contribution in [0.3, 0.4) is 0 Å². The van der Waals surface area contributed by atoms with E-state index in [1.807, 2.05) is 0 Å². The largest absolute Gasteiger partial charge is 0.292 e. The highest BCUT2D eigenvalue weighted by molar-refractivity contribution is 4.74. The molecule has 0 saturated heterocycles. The number of nitrogens with zero attached hydrogens (tertiary/aromatic N) is 2. The first-order valence-electron chi connectivity index (χ1n) is 2.90. The SMILES string of the molecule is CC1N=NCN[C@@H]1C. The number of azo groups is 1. The average molecular weight is 113 g/mol. The predicted molar refractivity (Wildman–Crippen MR) is 31.8 cm³/mol. The quantitative estimate of drug-likeness (QED) is 0.495. The molecule has 0 fully saturated rings. The topological polar surface area (TPSA) is 36.8 Å². The number of hydrogen-bond donors (Lipinski definition) is 1. The third kappa shape index (κ3) is 1.04. The molecule has 0 aromatic heterocycles. The van der Waals surface area contributed by atoms with E-state index in [1.165, 1.54) is 0 Å². The molecule has 2 atom stereocenters. The lowest BCUT2D eigenvalue weighted by atomic mass is 10.2. The summed E-state index contributed by atoms with van der Waals surface area (Å²) in [6.07, 6.45) is 0. The van der Waals surface area contributed by atoms with E-state index in [4.69, 9.17) is 0 Å². The van der Waals surface area contributed by atoms with Gasteiger partial charge < -0.3 is 0 Å². The fourth-order valence-corrected chi connectivity index (χ4v) is 0.625. The Hall–Kier alpha value is -0.440. The first kappa shape index (κ1) is 5.69. The van der Waals surface area contributed by atoms with Gasteiger partial charge in [0.25, 0.3) is 0 Å². The van der Waals surface area contributed by atoms with E-state index >= 15 is 0 Å². The number of nitrogens with one attached hydrogen (secondary N) is 1. The lowest BCUT2D eigenvalue weighted by Gasteiger charge is -2.19. The van der Waals surface area contributed by atoms with Crippen molar-refractivity contribution in [2.75, 3.05) is 6.67 Å². The Kier molecular flexibility index (Phi) is 1.58. The van der Waals surface area contributed by atoms with Crippen molar-refractivity contribution >= 4 is 0 Å². The van der Waals surface area contributed by atoms with E-state index in [-0.39, 0.29) is 0 Å². The Morgan fingerprint density at radius 3 is 2.62 bits per heavy atom. The van der Waals surface area contributed by atoms with E-state index in [1.54, 1.807) is 0 Å². The van der Waals surface area contributed by atoms with Crippen LogP contribution in [0, 0.1) is 0 Å². The monoisotopic (exact) mass is 113 g/mol. The standard InChI is InChI=1S/C5H11N3/c1-4-5(2)8-7-3-6-4/h4-6H,3H2,1-2H3/t4-,5?/m1/s1. The first-order valence-corrected chi connectivity index (χ1v) is 2.90. The zero-order valence-corrected chi connectivity index (χ0v) is 5.26. The molecule has 0 radical (unpaired) electrons. The van der Waals surface area contributed by atoms with Crippen molar-refractivity contribution in [2.24, 2.45) is 10.2 Å². The van der Waals surface area contributed by atoms with E-state index in [0.29, 0.717) is 18.8 Å². The zero-order chi connectivity index (χ0) is 5.98. The summed E-state index contributed by atoms with van der Waals surface area (Å²) in [5, 5.41) is 11.0. The predicted octanol–water partition coefficient (Wildman–Crippen LogP) is 0.776. The second-order valence-corrected chi connectivity index (χ2v) is 2.15. The van der Waals surface area contributed by atoms with E-state index in [9.17, 15) is 0 Å². The van der Waals surface area contributed by atoms with Crippen LogP contribution in [0.2, 0.25) is 0 Å². The second-order valence-electron chi connectivity index (χ2n) is 2.15. The van der Waals surface area contributed by atoms with E-state index in [2.05, 4.69) is 29.4 Å². The lowest BCUT2D eigenvalue weighted by molar-refractivity contribution is 0.424. The third-order valence-electron chi connectivity index (χ3n) is 1.47. The Labute approximate surface area is 49.2 Å². The molecule has 0 aliphatic carbocycles. The summed E-state index contributed by atoms with van der Waals surface area (Å²) in [5.41, 5.74) is 0. The molecule has 0 saturated carbocycles. The van der Waals surface area contributed by atoms with Gasteiger partial charge in [-0.25, -0.2) is 0 Å². The van der Waals surface area contributed by atoms with Crippen LogP contribution < -0.4 is 5.32 Å². The Morgan fingerprint density at radius 1 is 1.50 bits per heavy atom. The minimum Gasteiger partial charge on any atom is -0.292 e. The van der Waals surface area contributed by atoms with Gasteiger partial charge in [-0.05, 0) is 13.8 Å². The van der Waals surface area contributed by atoms with Crippen LogP contribution in [0.25, 0.3) is 0 Å². The summed E-state index contributed by atoms with van der Waals surface area (Å²) >= 11 is 0. The molecule has 1 rings (SSSR count). The molecule has 0 spiro atoms. The summed E-state index contributed by atoms with van der Waals surface area (Å²) < 4.78 is 0. The molecule has 1 N–H and O–H groups in total. The van der Waals surface area contributed by atoms with Crippen LogP contribution in [0.4, 0.5) is 0 Å². The molecular formula is C5H11N3. The summed E-state index contributed by atoms with van der Waals surface area (Å²) in [5.74, 6) is 0. The normalized spacial score (nSPS) is 37.8. The molecule has 0 aromatic carbocycles. The van der Waals surface area contributed by atoms with E-state index in [0.717, 1.165) is 0 Å². The zero-order valence-electron chi connectivity index (χ0n) is 5.26. The molecule has 1 heterocycles. The van der Waals surface area contributed by atoms with Crippen molar-refractivity contribution in [2.45, 2.75) is 25.9 Å². The summed E-state index contributed by atoms with van der Waals surface area (Å²) in [6, 6.07) is 0.844. The average Bonchev–Trinajstić information content (AvgIpc) is 1.77. The maximum Gasteiger partial charge on any atom is 0.110 e. The van der Waals surface area contributed by atoms with Gasteiger partial charge in [0.1, 0.15) is 6.67 Å². The van der Waals surface area contributed by atoms with Crippen LogP contribution in [0.15, 0.2) is 10.2 Å². The van der Waals surface area contributed by atoms with Crippen LogP contribution in [0.5, 0.6) is 0 Å². The number of hydrogen-bond acceptors (Lipinski definition) is 3. The van der Waals surface area contributed by atoms with Gasteiger partial charge in [0.05, 0.1) is 6.04 Å². The molecule has 0 bridgehead atoms. The Bertz CT molecular complexity index is 99.8. The van der Waals surface area contributed by atoms with Gasteiger partial charge in [0, 0.05) is 6.04 Å². The van der Waals surface area contributed by atoms with E-state index < -0.39 is 0 Å². The van der Waals surface area contributed by atoms with Crippen molar-refractivity contribution in [1.29, 1.82) is 0 Å². The second kappa shape index (κ2) is 2.22. The van der Waals surface area contributed by atoms with Crippen molar-refractivity contribution < 1.29 is 0 Å². The highest BCUT2D eigenvalue weighted by Gasteiger charge is 2.12. The summed E-state index contributed by atoms with van der Waals surface area (Å²) in [4.78, 5) is 0.